The highest BCUT2D eigenvalue weighted by Gasteiger charge is 2.18. The average Bonchev–Trinajstić information content (AvgIpc) is 2.17. The lowest BCUT2D eigenvalue weighted by atomic mass is 10.1. The summed E-state index contributed by atoms with van der Waals surface area (Å²) in [5, 5.41) is 0. The molecule has 0 bridgehead atoms. The number of hydrogen-bond acceptors (Lipinski definition) is 2. The van der Waals surface area contributed by atoms with E-state index in [1.165, 1.54) is 7.11 Å². The molecule has 0 radical (unpaired) electrons. The number of carbonyl (C=O) groups is 1. The van der Waals surface area contributed by atoms with Gasteiger partial charge in [0.2, 0.25) is 6.04 Å². The van der Waals surface area contributed by atoms with Crippen LogP contribution >= 0.6 is 0 Å². The van der Waals surface area contributed by atoms with Crippen LogP contribution in [0.2, 0.25) is 0 Å². The Balaban J connectivity index is 2.78. The Morgan fingerprint density at radius 1 is 1.42 bits per heavy atom. The predicted molar refractivity (Wildman–Crippen MR) is 44.1 cm³/mol. The van der Waals surface area contributed by atoms with Gasteiger partial charge < -0.3 is 10.5 Å². The molecule has 1 unspecified atom stereocenters. The van der Waals surface area contributed by atoms with Crippen molar-refractivity contribution in [3.8, 4) is 0 Å². The Hall–Kier alpha value is -1.35. The molecule has 1 aromatic carbocycles. The first-order valence-electron chi connectivity index (χ1n) is 3.71. The number of methoxy groups -OCH3 is 1. The minimum atomic E-state index is -0.420. The first kappa shape index (κ1) is 8.74. The van der Waals surface area contributed by atoms with Gasteiger partial charge in [0.1, 0.15) is 0 Å². The third-order valence-corrected chi connectivity index (χ3v) is 1.69. The van der Waals surface area contributed by atoms with Crippen molar-refractivity contribution in [3.05, 3.63) is 35.9 Å². The van der Waals surface area contributed by atoms with Crippen LogP contribution in [-0.2, 0) is 9.53 Å². The molecule has 0 saturated heterocycles. The van der Waals surface area contributed by atoms with Crippen molar-refractivity contribution in [2.24, 2.45) is 0 Å². The van der Waals surface area contributed by atoms with E-state index in [4.69, 9.17) is 0 Å². The summed E-state index contributed by atoms with van der Waals surface area (Å²) in [4.78, 5) is 11.0. The molecule has 0 saturated carbocycles. The summed E-state index contributed by atoms with van der Waals surface area (Å²) in [5.74, 6) is -0.304. The van der Waals surface area contributed by atoms with E-state index in [2.05, 4.69) is 10.5 Å². The fraction of sp³-hybridized carbons (Fsp3) is 0.222. The zero-order valence-corrected chi connectivity index (χ0v) is 6.99. The van der Waals surface area contributed by atoms with Gasteiger partial charge in [0.05, 0.1) is 7.11 Å². The zero-order chi connectivity index (χ0) is 8.97. The maximum absolute atomic E-state index is 11.0. The highest BCUT2D eigenvalue weighted by molar-refractivity contribution is 5.75. The molecular weight excluding hydrogens is 154 g/mol. The fourth-order valence-corrected chi connectivity index (χ4v) is 0.964. The van der Waals surface area contributed by atoms with Crippen molar-refractivity contribution in [1.29, 1.82) is 0 Å². The fourth-order valence-electron chi connectivity index (χ4n) is 0.964. The predicted octanol–water partition coefficient (Wildman–Crippen LogP) is 0.143. The van der Waals surface area contributed by atoms with Crippen LogP contribution in [0.5, 0.6) is 0 Å². The molecule has 3 nitrogen and oxygen atoms in total. The minimum absolute atomic E-state index is 0.304. The lowest BCUT2D eigenvalue weighted by Gasteiger charge is -2.04. The first-order valence-corrected chi connectivity index (χ1v) is 3.71. The van der Waals surface area contributed by atoms with E-state index in [0.717, 1.165) is 5.56 Å². The van der Waals surface area contributed by atoms with Gasteiger partial charge in [-0.15, -0.1) is 0 Å². The highest BCUT2D eigenvalue weighted by atomic mass is 16.5. The maximum atomic E-state index is 11.0. The molecule has 0 aliphatic heterocycles. The van der Waals surface area contributed by atoms with E-state index in [1.807, 2.05) is 30.3 Å². The molecule has 3 N–H and O–H groups in total. The van der Waals surface area contributed by atoms with Crippen LogP contribution in [0.3, 0.4) is 0 Å². The molecule has 0 amide bonds. The number of quaternary nitrogens is 1. The standard InChI is InChI=1S/C9H11NO2/c1-12-9(11)8(10)7-5-3-2-4-6-7/h2-6,8H,10H2,1H3/p+1. The SMILES string of the molecule is COC(=O)C([NH3+])c1ccccc1. The van der Waals surface area contributed by atoms with Gasteiger partial charge in [-0.3, -0.25) is 0 Å². The number of hydrogen-bond donors (Lipinski definition) is 1. The van der Waals surface area contributed by atoms with Crippen LogP contribution < -0.4 is 5.73 Å². The third kappa shape index (κ3) is 1.83. The number of esters is 1. The third-order valence-electron chi connectivity index (χ3n) is 1.69. The largest absolute Gasteiger partial charge is 0.464 e. The summed E-state index contributed by atoms with van der Waals surface area (Å²) in [6.45, 7) is 0. The van der Waals surface area contributed by atoms with E-state index in [1.54, 1.807) is 0 Å². The molecule has 0 aliphatic rings. The van der Waals surface area contributed by atoms with Crippen molar-refractivity contribution in [3.63, 3.8) is 0 Å². The second kappa shape index (κ2) is 3.88. The lowest BCUT2D eigenvalue weighted by Crippen LogP contribution is -2.57. The van der Waals surface area contributed by atoms with E-state index in [0.29, 0.717) is 0 Å². The minimum Gasteiger partial charge on any atom is -0.464 e. The molecule has 0 aromatic heterocycles. The number of benzene rings is 1. The summed E-state index contributed by atoms with van der Waals surface area (Å²) in [7, 11) is 1.36. The van der Waals surface area contributed by atoms with Crippen molar-refractivity contribution in [2.45, 2.75) is 6.04 Å². The number of rotatable bonds is 2. The van der Waals surface area contributed by atoms with Crippen LogP contribution in [0.1, 0.15) is 11.6 Å². The van der Waals surface area contributed by atoms with Crippen LogP contribution in [0.15, 0.2) is 30.3 Å². The monoisotopic (exact) mass is 166 g/mol. The van der Waals surface area contributed by atoms with E-state index in [-0.39, 0.29) is 5.97 Å². The summed E-state index contributed by atoms with van der Waals surface area (Å²) in [6.07, 6.45) is 0. The normalized spacial score (nSPS) is 12.2. The van der Waals surface area contributed by atoms with E-state index >= 15 is 0 Å². The molecule has 0 aliphatic carbocycles. The Kier molecular flexibility index (Phi) is 2.82. The topological polar surface area (TPSA) is 53.9 Å². The van der Waals surface area contributed by atoms with Gasteiger partial charge >= 0.3 is 5.97 Å². The molecular formula is C9H12NO2+. The van der Waals surface area contributed by atoms with Gasteiger partial charge in [0.15, 0.2) is 0 Å². The highest BCUT2D eigenvalue weighted by Crippen LogP contribution is 2.08. The first-order chi connectivity index (χ1) is 5.75. The van der Waals surface area contributed by atoms with Gasteiger partial charge in [-0.25, -0.2) is 4.79 Å². The number of ether oxygens (including phenoxy) is 1. The summed E-state index contributed by atoms with van der Waals surface area (Å²) >= 11 is 0. The molecule has 1 atom stereocenters. The molecule has 12 heavy (non-hydrogen) atoms. The Morgan fingerprint density at radius 2 is 2.00 bits per heavy atom. The van der Waals surface area contributed by atoms with Crippen molar-refractivity contribution < 1.29 is 15.3 Å². The molecule has 3 heteroatoms. The van der Waals surface area contributed by atoms with Gasteiger partial charge in [0, 0.05) is 5.56 Å². The molecule has 1 rings (SSSR count). The van der Waals surface area contributed by atoms with Gasteiger partial charge in [-0.1, -0.05) is 30.3 Å². The van der Waals surface area contributed by atoms with Gasteiger partial charge in [-0.2, -0.15) is 0 Å². The molecule has 0 spiro atoms. The second-order valence-corrected chi connectivity index (χ2v) is 2.49. The summed E-state index contributed by atoms with van der Waals surface area (Å²) in [6, 6.07) is 8.93. The second-order valence-electron chi connectivity index (χ2n) is 2.49. The van der Waals surface area contributed by atoms with Crippen LogP contribution in [0.4, 0.5) is 0 Å². The summed E-state index contributed by atoms with van der Waals surface area (Å²) in [5.41, 5.74) is 4.58. The van der Waals surface area contributed by atoms with E-state index < -0.39 is 6.04 Å². The quantitative estimate of drug-likeness (QED) is 0.635. The number of carbonyl (C=O) groups excluding carboxylic acids is 1. The Bertz CT molecular complexity index is 258. The average molecular weight is 166 g/mol. The zero-order valence-electron chi connectivity index (χ0n) is 6.99. The lowest BCUT2D eigenvalue weighted by molar-refractivity contribution is -0.414. The summed E-state index contributed by atoms with van der Waals surface area (Å²) < 4.78 is 4.56. The van der Waals surface area contributed by atoms with Gasteiger partial charge in [0.25, 0.3) is 0 Å². The molecule has 0 fully saturated rings. The Morgan fingerprint density at radius 3 is 2.50 bits per heavy atom. The van der Waals surface area contributed by atoms with E-state index in [9.17, 15) is 4.79 Å². The smallest absolute Gasteiger partial charge is 0.369 e. The maximum Gasteiger partial charge on any atom is 0.369 e. The van der Waals surface area contributed by atoms with Crippen molar-refractivity contribution in [1.82, 2.24) is 0 Å². The van der Waals surface area contributed by atoms with Crippen molar-refractivity contribution >= 4 is 5.97 Å². The molecule has 0 heterocycles. The van der Waals surface area contributed by atoms with Gasteiger partial charge in [-0.05, 0) is 0 Å². The van der Waals surface area contributed by atoms with Crippen LogP contribution in [0.25, 0.3) is 0 Å². The van der Waals surface area contributed by atoms with Crippen molar-refractivity contribution in [2.75, 3.05) is 7.11 Å². The van der Waals surface area contributed by atoms with Crippen LogP contribution in [0, 0.1) is 0 Å². The Labute approximate surface area is 71.1 Å². The van der Waals surface area contributed by atoms with Crippen LogP contribution in [-0.4, -0.2) is 13.1 Å². The molecule has 1 aromatic rings. The molecule has 64 valence electrons.